The van der Waals surface area contributed by atoms with Crippen molar-refractivity contribution in [1.82, 2.24) is 10.2 Å². The van der Waals surface area contributed by atoms with Crippen molar-refractivity contribution in [2.45, 2.75) is 0 Å². The molecule has 0 aliphatic carbocycles. The fraction of sp³-hybridized carbons (Fsp3) is 0. The van der Waals surface area contributed by atoms with E-state index in [1.807, 2.05) is 18.2 Å². The molecule has 20 heavy (non-hydrogen) atoms. The molecule has 0 radical (unpaired) electrons. The third-order valence-electron chi connectivity index (χ3n) is 2.72. The van der Waals surface area contributed by atoms with Crippen molar-refractivity contribution in [3.05, 3.63) is 51.4 Å². The topological polar surface area (TPSA) is 59.2 Å². The second kappa shape index (κ2) is 5.38. The first kappa shape index (κ1) is 13.3. The molecule has 0 aliphatic rings. The van der Waals surface area contributed by atoms with Gasteiger partial charge in [-0.2, -0.15) is 0 Å². The summed E-state index contributed by atoms with van der Waals surface area (Å²) >= 11 is 6.86. The molecule has 0 atom stereocenters. The van der Waals surface area contributed by atoms with E-state index in [4.69, 9.17) is 4.42 Å². The highest BCUT2D eigenvalue weighted by Gasteiger charge is 2.15. The third kappa shape index (κ3) is 2.48. The molecule has 6 heteroatoms. The Morgan fingerprint density at radius 1 is 0.900 bits per heavy atom. The molecule has 100 valence electrons. The van der Waals surface area contributed by atoms with Gasteiger partial charge in [-0.25, -0.2) is 0 Å². The summed E-state index contributed by atoms with van der Waals surface area (Å²) < 4.78 is 7.41. The molecule has 0 aliphatic heterocycles. The molecule has 2 aromatic carbocycles. The standard InChI is InChI=1S/C14H8Br2N2O2/c15-8-5-6-11(16)10(7-8)14-18-17-13(20-14)9-3-1-2-4-12(9)19/h1-7,19H. The molecule has 4 nitrogen and oxygen atoms in total. The summed E-state index contributed by atoms with van der Waals surface area (Å²) in [5.41, 5.74) is 1.30. The first-order valence-electron chi connectivity index (χ1n) is 5.72. The number of aromatic nitrogens is 2. The van der Waals surface area contributed by atoms with Gasteiger partial charge in [0.25, 0.3) is 5.89 Å². The van der Waals surface area contributed by atoms with Crippen LogP contribution in [0.5, 0.6) is 5.75 Å². The Labute approximate surface area is 131 Å². The minimum absolute atomic E-state index is 0.107. The van der Waals surface area contributed by atoms with Crippen molar-refractivity contribution in [3.8, 4) is 28.7 Å². The lowest BCUT2D eigenvalue weighted by atomic mass is 10.2. The zero-order valence-electron chi connectivity index (χ0n) is 10.0. The summed E-state index contributed by atoms with van der Waals surface area (Å²) in [7, 11) is 0. The maximum atomic E-state index is 9.80. The number of phenolic OH excluding ortho intramolecular Hbond substituents is 1. The number of nitrogens with zero attached hydrogens (tertiary/aromatic N) is 2. The summed E-state index contributed by atoms with van der Waals surface area (Å²) in [6, 6.07) is 12.5. The molecule has 0 bridgehead atoms. The predicted octanol–water partition coefficient (Wildman–Crippen LogP) is 4.63. The van der Waals surface area contributed by atoms with Gasteiger partial charge >= 0.3 is 0 Å². The van der Waals surface area contributed by atoms with E-state index in [0.29, 0.717) is 11.5 Å². The summed E-state index contributed by atoms with van der Waals surface area (Å²) in [6.45, 7) is 0. The van der Waals surface area contributed by atoms with Crippen LogP contribution in [0, 0.1) is 0 Å². The summed E-state index contributed by atoms with van der Waals surface area (Å²) in [6.07, 6.45) is 0. The van der Waals surface area contributed by atoms with Crippen LogP contribution in [0.2, 0.25) is 0 Å². The van der Waals surface area contributed by atoms with E-state index >= 15 is 0 Å². The van der Waals surface area contributed by atoms with Crippen molar-refractivity contribution in [3.63, 3.8) is 0 Å². The second-order valence-electron chi connectivity index (χ2n) is 4.05. The van der Waals surface area contributed by atoms with E-state index in [0.717, 1.165) is 14.5 Å². The minimum atomic E-state index is 0.107. The molecule has 0 spiro atoms. The molecule has 0 saturated carbocycles. The van der Waals surface area contributed by atoms with Crippen LogP contribution in [0.4, 0.5) is 0 Å². The van der Waals surface area contributed by atoms with Gasteiger partial charge in [0, 0.05) is 8.95 Å². The number of halogens is 2. The molecule has 0 saturated heterocycles. The highest BCUT2D eigenvalue weighted by Crippen LogP contribution is 2.33. The largest absolute Gasteiger partial charge is 0.507 e. The lowest BCUT2D eigenvalue weighted by Crippen LogP contribution is -1.80. The maximum Gasteiger partial charge on any atom is 0.251 e. The molecule has 3 rings (SSSR count). The Balaban J connectivity index is 2.07. The van der Waals surface area contributed by atoms with E-state index < -0.39 is 0 Å². The van der Waals surface area contributed by atoms with Gasteiger partial charge in [-0.15, -0.1) is 10.2 Å². The van der Waals surface area contributed by atoms with Crippen LogP contribution in [-0.2, 0) is 0 Å². The van der Waals surface area contributed by atoms with E-state index in [1.54, 1.807) is 24.3 Å². The summed E-state index contributed by atoms with van der Waals surface area (Å²) in [5.74, 6) is 0.775. The van der Waals surface area contributed by atoms with E-state index in [9.17, 15) is 5.11 Å². The van der Waals surface area contributed by atoms with Crippen LogP contribution >= 0.6 is 31.9 Å². The predicted molar refractivity (Wildman–Crippen MR) is 82.2 cm³/mol. The smallest absolute Gasteiger partial charge is 0.251 e. The van der Waals surface area contributed by atoms with Crippen molar-refractivity contribution >= 4 is 31.9 Å². The average molecular weight is 396 g/mol. The van der Waals surface area contributed by atoms with Gasteiger partial charge < -0.3 is 9.52 Å². The Hall–Kier alpha value is -1.66. The number of benzene rings is 2. The van der Waals surface area contributed by atoms with Crippen LogP contribution in [-0.4, -0.2) is 15.3 Å². The van der Waals surface area contributed by atoms with E-state index in [1.165, 1.54) is 0 Å². The van der Waals surface area contributed by atoms with Gasteiger partial charge in [0.2, 0.25) is 5.89 Å². The molecular weight excluding hydrogens is 388 g/mol. The maximum absolute atomic E-state index is 9.80. The molecule has 0 unspecified atom stereocenters. The molecule has 1 heterocycles. The monoisotopic (exact) mass is 394 g/mol. The SMILES string of the molecule is Oc1ccccc1-c1nnc(-c2cc(Br)ccc2Br)o1. The number of aromatic hydroxyl groups is 1. The zero-order valence-corrected chi connectivity index (χ0v) is 13.2. The van der Waals surface area contributed by atoms with Gasteiger partial charge in [-0.05, 0) is 46.3 Å². The lowest BCUT2D eigenvalue weighted by molar-refractivity contribution is 0.473. The zero-order chi connectivity index (χ0) is 14.1. The van der Waals surface area contributed by atoms with E-state index in [-0.39, 0.29) is 11.6 Å². The first-order valence-corrected chi connectivity index (χ1v) is 7.31. The fourth-order valence-electron chi connectivity index (χ4n) is 1.76. The van der Waals surface area contributed by atoms with Crippen LogP contribution in [0.15, 0.2) is 55.8 Å². The molecule has 1 N–H and O–H groups in total. The van der Waals surface area contributed by atoms with Gasteiger partial charge in [0.1, 0.15) is 5.75 Å². The van der Waals surface area contributed by atoms with Crippen molar-refractivity contribution < 1.29 is 9.52 Å². The van der Waals surface area contributed by atoms with Gasteiger partial charge in [0.05, 0.1) is 11.1 Å². The Morgan fingerprint density at radius 2 is 1.60 bits per heavy atom. The highest BCUT2D eigenvalue weighted by atomic mass is 79.9. The lowest BCUT2D eigenvalue weighted by Gasteiger charge is -2.00. The quantitative estimate of drug-likeness (QED) is 0.686. The van der Waals surface area contributed by atoms with Crippen molar-refractivity contribution in [1.29, 1.82) is 0 Å². The molecule has 0 amide bonds. The number of phenols is 1. The molecular formula is C14H8Br2N2O2. The normalized spacial score (nSPS) is 10.7. The minimum Gasteiger partial charge on any atom is -0.507 e. The third-order valence-corrected chi connectivity index (χ3v) is 3.90. The molecule has 1 aromatic heterocycles. The number of rotatable bonds is 2. The average Bonchev–Trinajstić information content (AvgIpc) is 2.91. The first-order chi connectivity index (χ1) is 9.65. The molecule has 3 aromatic rings. The Morgan fingerprint density at radius 3 is 2.35 bits per heavy atom. The second-order valence-corrected chi connectivity index (χ2v) is 5.82. The Kier molecular flexibility index (Phi) is 3.58. The van der Waals surface area contributed by atoms with Gasteiger partial charge in [-0.3, -0.25) is 0 Å². The summed E-state index contributed by atoms with van der Waals surface area (Å²) in [5, 5.41) is 17.8. The number of hydrogen-bond donors (Lipinski definition) is 1. The van der Waals surface area contributed by atoms with Crippen LogP contribution < -0.4 is 0 Å². The highest BCUT2D eigenvalue weighted by molar-refractivity contribution is 9.11. The number of para-hydroxylation sites is 1. The van der Waals surface area contributed by atoms with Crippen LogP contribution in [0.3, 0.4) is 0 Å². The van der Waals surface area contributed by atoms with Crippen molar-refractivity contribution in [2.75, 3.05) is 0 Å². The number of hydrogen-bond acceptors (Lipinski definition) is 4. The van der Waals surface area contributed by atoms with Crippen molar-refractivity contribution in [2.24, 2.45) is 0 Å². The van der Waals surface area contributed by atoms with Crippen LogP contribution in [0.25, 0.3) is 22.9 Å². The fourth-order valence-corrected chi connectivity index (χ4v) is 2.53. The van der Waals surface area contributed by atoms with Crippen LogP contribution in [0.1, 0.15) is 0 Å². The van der Waals surface area contributed by atoms with Gasteiger partial charge in [0.15, 0.2) is 0 Å². The molecule has 0 fully saturated rings. The van der Waals surface area contributed by atoms with Gasteiger partial charge in [-0.1, -0.05) is 28.1 Å². The van der Waals surface area contributed by atoms with E-state index in [2.05, 4.69) is 42.1 Å². The summed E-state index contributed by atoms with van der Waals surface area (Å²) in [4.78, 5) is 0. The Bertz CT molecular complexity index is 771.